The van der Waals surface area contributed by atoms with E-state index >= 15 is 0 Å². The monoisotopic (exact) mass is 277 g/mol. The summed E-state index contributed by atoms with van der Waals surface area (Å²) >= 11 is 0. The molecule has 4 nitrogen and oxygen atoms in total. The molecule has 4 aliphatic rings. The molecular formula is C17H15N3O. The zero-order chi connectivity index (χ0) is 14.1. The lowest BCUT2D eigenvalue weighted by Crippen LogP contribution is -2.28. The first-order valence-electron chi connectivity index (χ1n) is 7.41. The van der Waals surface area contributed by atoms with Gasteiger partial charge >= 0.3 is 5.69 Å². The molecule has 0 saturated heterocycles. The van der Waals surface area contributed by atoms with Crippen molar-refractivity contribution in [3.8, 4) is 0 Å². The van der Waals surface area contributed by atoms with E-state index in [4.69, 9.17) is 5.73 Å². The van der Waals surface area contributed by atoms with E-state index in [0.717, 1.165) is 17.7 Å². The van der Waals surface area contributed by atoms with Crippen LogP contribution >= 0.6 is 0 Å². The van der Waals surface area contributed by atoms with E-state index in [-0.39, 0.29) is 17.5 Å². The maximum Gasteiger partial charge on any atom is 0.347 e. The van der Waals surface area contributed by atoms with Crippen LogP contribution in [0.25, 0.3) is 0 Å². The Bertz CT molecular complexity index is 851. The van der Waals surface area contributed by atoms with Gasteiger partial charge in [0.15, 0.2) is 0 Å². The zero-order valence-corrected chi connectivity index (χ0v) is 11.4. The summed E-state index contributed by atoms with van der Waals surface area (Å²) in [4.78, 5) is 18.7. The molecule has 0 fully saturated rings. The maximum absolute atomic E-state index is 11.8. The Morgan fingerprint density at radius 3 is 2.52 bits per heavy atom. The van der Waals surface area contributed by atoms with Crippen molar-refractivity contribution in [1.29, 1.82) is 0 Å². The standard InChI is InChI=1S/C17H15N3O/c18-16-14-12-8-5-6-9(7-8)13(15(14)19-17(21)20-16)11-4-2-1-3-10(11)12/h1-6,8-9,12-13H,7H2,(H3,18,19,20,21)/t8-,9+,12-,13+/m1/s1. The second-order valence-electron chi connectivity index (χ2n) is 6.29. The Labute approximate surface area is 121 Å². The number of aromatic amines is 1. The Balaban J connectivity index is 1.93. The molecule has 4 aliphatic carbocycles. The summed E-state index contributed by atoms with van der Waals surface area (Å²) in [7, 11) is 0. The number of hydrogen-bond donors (Lipinski definition) is 2. The van der Waals surface area contributed by atoms with E-state index in [1.165, 1.54) is 11.1 Å². The number of allylic oxidation sites excluding steroid dienone is 2. The molecule has 21 heavy (non-hydrogen) atoms. The molecule has 0 spiro atoms. The van der Waals surface area contributed by atoms with E-state index in [9.17, 15) is 4.79 Å². The largest absolute Gasteiger partial charge is 0.383 e. The van der Waals surface area contributed by atoms with Gasteiger partial charge in [0.25, 0.3) is 0 Å². The van der Waals surface area contributed by atoms with Gasteiger partial charge in [-0.1, -0.05) is 36.4 Å². The number of benzene rings is 1. The molecule has 4 bridgehead atoms. The molecular weight excluding hydrogens is 262 g/mol. The van der Waals surface area contributed by atoms with Crippen LogP contribution in [-0.2, 0) is 0 Å². The summed E-state index contributed by atoms with van der Waals surface area (Å²) in [5.74, 6) is 1.73. The van der Waals surface area contributed by atoms with Gasteiger partial charge in [-0.05, 0) is 29.4 Å². The second-order valence-corrected chi connectivity index (χ2v) is 6.29. The SMILES string of the molecule is Nc1nc(=O)[nH]c2c1[C@H]1c3ccccc3[C@@H]2[C@H]2C=C[C@@H]1C2. The highest BCUT2D eigenvalue weighted by Crippen LogP contribution is 2.58. The summed E-state index contributed by atoms with van der Waals surface area (Å²) < 4.78 is 0. The fourth-order valence-corrected chi connectivity index (χ4v) is 4.62. The maximum atomic E-state index is 11.8. The molecule has 1 aromatic carbocycles. The normalized spacial score (nSPS) is 30.9. The van der Waals surface area contributed by atoms with Crippen molar-refractivity contribution in [2.24, 2.45) is 11.8 Å². The lowest BCUT2D eigenvalue weighted by Gasteiger charge is -2.34. The van der Waals surface area contributed by atoms with Crippen LogP contribution in [0, 0.1) is 11.8 Å². The molecule has 0 saturated carbocycles. The number of nitrogens with two attached hydrogens (primary N) is 1. The molecule has 0 radical (unpaired) electrons. The van der Waals surface area contributed by atoms with Gasteiger partial charge in [0.05, 0.1) is 0 Å². The molecule has 0 amide bonds. The van der Waals surface area contributed by atoms with E-state index in [2.05, 4.69) is 46.4 Å². The predicted molar refractivity (Wildman–Crippen MR) is 80.1 cm³/mol. The molecule has 4 heteroatoms. The van der Waals surface area contributed by atoms with Gasteiger partial charge in [-0.3, -0.25) is 0 Å². The first kappa shape index (κ1) is 11.3. The van der Waals surface area contributed by atoms with Gasteiger partial charge in [-0.15, -0.1) is 0 Å². The number of aromatic nitrogens is 2. The van der Waals surface area contributed by atoms with Gasteiger partial charge in [0, 0.05) is 23.1 Å². The summed E-state index contributed by atoms with van der Waals surface area (Å²) in [5, 5.41) is 0. The fraction of sp³-hybridized carbons (Fsp3) is 0.294. The minimum absolute atomic E-state index is 0.203. The van der Waals surface area contributed by atoms with Crippen molar-refractivity contribution in [2.45, 2.75) is 18.3 Å². The summed E-state index contributed by atoms with van der Waals surface area (Å²) in [6.45, 7) is 0. The fourth-order valence-electron chi connectivity index (χ4n) is 4.62. The van der Waals surface area contributed by atoms with E-state index < -0.39 is 0 Å². The molecule has 104 valence electrons. The van der Waals surface area contributed by atoms with Gasteiger partial charge in [0.2, 0.25) is 0 Å². The highest BCUT2D eigenvalue weighted by atomic mass is 16.1. The minimum Gasteiger partial charge on any atom is -0.383 e. The summed E-state index contributed by atoms with van der Waals surface area (Å²) in [6, 6.07) is 8.57. The van der Waals surface area contributed by atoms with Crippen molar-refractivity contribution in [3.05, 3.63) is 69.3 Å². The van der Waals surface area contributed by atoms with E-state index in [1.807, 2.05) is 0 Å². The number of H-pyrrole nitrogens is 1. The predicted octanol–water partition coefficient (Wildman–Crippen LogP) is 2.14. The first-order valence-corrected chi connectivity index (χ1v) is 7.41. The Morgan fingerprint density at radius 2 is 1.76 bits per heavy atom. The molecule has 4 atom stereocenters. The number of nitrogen functional groups attached to an aromatic ring is 1. The lowest BCUT2D eigenvalue weighted by molar-refractivity contribution is 0.503. The molecule has 0 unspecified atom stereocenters. The van der Waals surface area contributed by atoms with Crippen LogP contribution in [0.15, 0.2) is 41.2 Å². The third kappa shape index (κ3) is 1.30. The van der Waals surface area contributed by atoms with Gasteiger partial charge in [0.1, 0.15) is 5.82 Å². The van der Waals surface area contributed by atoms with Crippen LogP contribution in [0.3, 0.4) is 0 Å². The molecule has 6 rings (SSSR count). The number of nitrogens with zero attached hydrogens (tertiary/aromatic N) is 1. The van der Waals surface area contributed by atoms with Crippen molar-refractivity contribution < 1.29 is 0 Å². The van der Waals surface area contributed by atoms with Gasteiger partial charge in [-0.2, -0.15) is 4.98 Å². The van der Waals surface area contributed by atoms with E-state index in [1.54, 1.807) is 0 Å². The van der Waals surface area contributed by atoms with Crippen molar-refractivity contribution >= 4 is 5.82 Å². The minimum atomic E-state index is -0.337. The smallest absolute Gasteiger partial charge is 0.347 e. The van der Waals surface area contributed by atoms with Crippen LogP contribution < -0.4 is 11.4 Å². The number of hydrogen-bond acceptors (Lipinski definition) is 3. The molecule has 0 aliphatic heterocycles. The van der Waals surface area contributed by atoms with Crippen molar-refractivity contribution in [2.75, 3.05) is 5.73 Å². The zero-order valence-electron chi connectivity index (χ0n) is 11.4. The molecule has 2 aromatic rings. The molecule has 3 N–H and O–H groups in total. The Hall–Kier alpha value is -2.36. The average molecular weight is 277 g/mol. The highest BCUT2D eigenvalue weighted by Gasteiger charge is 2.47. The molecule has 1 aromatic heterocycles. The van der Waals surface area contributed by atoms with Crippen LogP contribution in [0.4, 0.5) is 5.82 Å². The number of rotatable bonds is 0. The van der Waals surface area contributed by atoms with Crippen LogP contribution in [0.5, 0.6) is 0 Å². The number of nitrogens with one attached hydrogen (secondary N) is 1. The summed E-state index contributed by atoms with van der Waals surface area (Å²) in [5.41, 5.74) is 10.5. The van der Waals surface area contributed by atoms with Gasteiger partial charge in [-0.25, -0.2) is 4.79 Å². The highest BCUT2D eigenvalue weighted by molar-refractivity contribution is 5.60. The molecule has 1 heterocycles. The van der Waals surface area contributed by atoms with Gasteiger partial charge < -0.3 is 10.7 Å². The Morgan fingerprint density at radius 1 is 1.10 bits per heavy atom. The summed E-state index contributed by atoms with van der Waals surface area (Å²) in [6.07, 6.45) is 5.77. The Kier molecular flexibility index (Phi) is 1.96. The lowest BCUT2D eigenvalue weighted by atomic mass is 9.71. The third-order valence-corrected chi connectivity index (χ3v) is 5.32. The quantitative estimate of drug-likeness (QED) is 0.725. The third-order valence-electron chi connectivity index (χ3n) is 5.32. The van der Waals surface area contributed by atoms with E-state index in [0.29, 0.717) is 17.7 Å². The van der Waals surface area contributed by atoms with Crippen LogP contribution in [0.2, 0.25) is 0 Å². The second kappa shape index (κ2) is 3.64. The number of anilines is 1. The average Bonchev–Trinajstić information content (AvgIpc) is 2.82. The van der Waals surface area contributed by atoms with Crippen molar-refractivity contribution in [1.82, 2.24) is 9.97 Å². The first-order chi connectivity index (χ1) is 10.2. The van der Waals surface area contributed by atoms with Crippen LogP contribution in [0.1, 0.15) is 40.6 Å². The van der Waals surface area contributed by atoms with Crippen molar-refractivity contribution in [3.63, 3.8) is 0 Å². The van der Waals surface area contributed by atoms with Crippen LogP contribution in [-0.4, -0.2) is 9.97 Å². The topological polar surface area (TPSA) is 71.8 Å².